The fraction of sp³-hybridized carbons (Fsp3) is 0.741. The van der Waals surface area contributed by atoms with Gasteiger partial charge < -0.3 is 4.74 Å². The Labute approximate surface area is 196 Å². The topological polar surface area (TPSA) is 60.4 Å². The summed E-state index contributed by atoms with van der Waals surface area (Å²) in [6, 6.07) is 0. The van der Waals surface area contributed by atoms with Gasteiger partial charge in [0.05, 0.1) is 17.6 Å². The Morgan fingerprint density at radius 2 is 1.88 bits per heavy atom. The number of allylic oxidation sites excluding steroid dienone is 4. The first-order chi connectivity index (χ1) is 15.0. The lowest BCUT2D eigenvalue weighted by Gasteiger charge is -2.69. The molecule has 8 atom stereocenters. The average Bonchev–Trinajstić information content (AvgIpc) is 2.75. The monoisotopic (exact) mass is 458 g/mol. The molecule has 6 rings (SSSR count). The van der Waals surface area contributed by atoms with Crippen LogP contribution in [0.25, 0.3) is 0 Å². The molecule has 32 heavy (non-hydrogen) atoms. The van der Waals surface area contributed by atoms with Gasteiger partial charge in [0.2, 0.25) is 0 Å². The van der Waals surface area contributed by atoms with Crippen LogP contribution in [-0.4, -0.2) is 24.6 Å². The Morgan fingerprint density at radius 3 is 2.53 bits per heavy atom. The van der Waals surface area contributed by atoms with Gasteiger partial charge in [0, 0.05) is 23.3 Å². The van der Waals surface area contributed by atoms with Gasteiger partial charge in [-0.25, -0.2) is 0 Å². The first-order valence-corrected chi connectivity index (χ1v) is 12.7. The number of esters is 1. The minimum atomic E-state index is -0.492. The van der Waals surface area contributed by atoms with Crippen LogP contribution in [0.15, 0.2) is 22.8 Å². The van der Waals surface area contributed by atoms with Crippen molar-refractivity contribution in [3.63, 3.8) is 0 Å². The van der Waals surface area contributed by atoms with E-state index in [0.717, 1.165) is 38.5 Å². The molecule has 0 aromatic carbocycles. The minimum Gasteiger partial charge on any atom is -0.469 e. The molecule has 0 amide bonds. The Bertz CT molecular complexity index is 963. The molecule has 5 heteroatoms. The molecule has 0 heterocycles. The van der Waals surface area contributed by atoms with Gasteiger partial charge in [-0.2, -0.15) is 0 Å². The molecule has 0 N–H and O–H groups in total. The minimum absolute atomic E-state index is 0.0315. The van der Waals surface area contributed by atoms with Crippen LogP contribution in [0.2, 0.25) is 0 Å². The van der Waals surface area contributed by atoms with Crippen molar-refractivity contribution >= 4 is 29.1 Å². The first-order valence-electron chi connectivity index (χ1n) is 12.3. The lowest BCUT2D eigenvalue weighted by molar-refractivity contribution is -0.199. The third-order valence-corrected chi connectivity index (χ3v) is 10.7. The molecule has 3 saturated carbocycles. The SMILES string of the molecule is COC(=O)[C@]1(C)CCC[C@]2(C)[C@@H]3C[C@H]4C(C(C)C)=C[C@]3(CC[C@@H]21)[C@H]1C(=O)C(Cl)=CC(=O)[C@H]41. The Kier molecular flexibility index (Phi) is 4.92. The predicted octanol–water partition coefficient (Wildman–Crippen LogP) is 5.49. The molecule has 1 spiro atoms. The lowest BCUT2D eigenvalue weighted by atomic mass is 9.33. The summed E-state index contributed by atoms with van der Waals surface area (Å²) in [6.45, 7) is 8.85. The van der Waals surface area contributed by atoms with E-state index in [4.69, 9.17) is 16.3 Å². The highest BCUT2D eigenvalue weighted by Gasteiger charge is 2.71. The van der Waals surface area contributed by atoms with Crippen LogP contribution in [0, 0.1) is 51.8 Å². The van der Waals surface area contributed by atoms with Crippen LogP contribution in [0.4, 0.5) is 0 Å². The van der Waals surface area contributed by atoms with Crippen LogP contribution >= 0.6 is 11.6 Å². The number of carbonyl (C=O) groups is 3. The highest BCUT2D eigenvalue weighted by Crippen LogP contribution is 2.74. The quantitative estimate of drug-likeness (QED) is 0.405. The normalized spacial score (nSPS) is 47.3. The van der Waals surface area contributed by atoms with Gasteiger partial charge in [-0.05, 0) is 68.1 Å². The number of ketones is 2. The summed E-state index contributed by atoms with van der Waals surface area (Å²) in [6.07, 6.45) is 9.33. The maximum atomic E-state index is 13.5. The van der Waals surface area contributed by atoms with Crippen molar-refractivity contribution in [1.29, 1.82) is 0 Å². The van der Waals surface area contributed by atoms with Gasteiger partial charge in [0.15, 0.2) is 11.6 Å². The summed E-state index contributed by atoms with van der Waals surface area (Å²) in [4.78, 5) is 39.7. The number of fused-ring (bicyclic) bond motifs is 1. The number of methoxy groups -OCH3 is 1. The van der Waals surface area contributed by atoms with E-state index in [1.807, 2.05) is 0 Å². The summed E-state index contributed by atoms with van der Waals surface area (Å²) in [7, 11) is 1.50. The van der Waals surface area contributed by atoms with Crippen molar-refractivity contribution in [1.82, 2.24) is 0 Å². The molecule has 3 fully saturated rings. The van der Waals surface area contributed by atoms with Crippen molar-refractivity contribution in [3.8, 4) is 0 Å². The van der Waals surface area contributed by atoms with E-state index in [9.17, 15) is 14.4 Å². The van der Waals surface area contributed by atoms with Gasteiger partial charge in [0.25, 0.3) is 0 Å². The van der Waals surface area contributed by atoms with Crippen LogP contribution in [0.5, 0.6) is 0 Å². The van der Waals surface area contributed by atoms with Crippen molar-refractivity contribution < 1.29 is 19.1 Å². The van der Waals surface area contributed by atoms with Gasteiger partial charge in [-0.1, -0.05) is 50.4 Å². The van der Waals surface area contributed by atoms with E-state index in [1.54, 1.807) is 0 Å². The fourth-order valence-electron chi connectivity index (χ4n) is 9.29. The zero-order valence-corrected chi connectivity index (χ0v) is 20.6. The van der Waals surface area contributed by atoms with Gasteiger partial charge >= 0.3 is 5.97 Å². The van der Waals surface area contributed by atoms with Gasteiger partial charge in [0.1, 0.15) is 0 Å². The summed E-state index contributed by atoms with van der Waals surface area (Å²) in [5.41, 5.74) is 0.440. The van der Waals surface area contributed by atoms with Crippen LogP contribution in [-0.2, 0) is 19.1 Å². The number of ether oxygens (including phenoxy) is 1. The fourth-order valence-corrected chi connectivity index (χ4v) is 9.52. The van der Waals surface area contributed by atoms with E-state index in [2.05, 4.69) is 33.8 Å². The predicted molar refractivity (Wildman–Crippen MR) is 123 cm³/mol. The highest BCUT2D eigenvalue weighted by atomic mass is 35.5. The Balaban J connectivity index is 1.67. The molecule has 0 radical (unpaired) electrons. The smallest absolute Gasteiger partial charge is 0.311 e. The van der Waals surface area contributed by atoms with E-state index in [-0.39, 0.29) is 63.0 Å². The van der Waals surface area contributed by atoms with Gasteiger partial charge in [-0.3, -0.25) is 14.4 Å². The maximum absolute atomic E-state index is 13.5. The highest BCUT2D eigenvalue weighted by molar-refractivity contribution is 6.45. The summed E-state index contributed by atoms with van der Waals surface area (Å²) >= 11 is 6.33. The molecular weight excluding hydrogens is 424 g/mol. The van der Waals surface area contributed by atoms with E-state index < -0.39 is 5.41 Å². The molecule has 2 bridgehead atoms. The lowest BCUT2D eigenvalue weighted by Crippen LogP contribution is -2.67. The zero-order chi connectivity index (χ0) is 23.2. The maximum Gasteiger partial charge on any atom is 0.311 e. The first kappa shape index (κ1) is 22.4. The van der Waals surface area contributed by atoms with Gasteiger partial charge in [-0.15, -0.1) is 0 Å². The number of hydrogen-bond donors (Lipinski definition) is 0. The third kappa shape index (κ3) is 2.59. The second kappa shape index (κ2) is 7.04. The summed E-state index contributed by atoms with van der Waals surface area (Å²) in [5, 5.41) is 0.103. The molecule has 0 aromatic heterocycles. The summed E-state index contributed by atoms with van der Waals surface area (Å²) < 4.78 is 5.29. The average molecular weight is 459 g/mol. The molecule has 174 valence electrons. The number of halogens is 1. The van der Waals surface area contributed by atoms with E-state index in [1.165, 1.54) is 18.8 Å². The number of carbonyl (C=O) groups excluding carboxylic acids is 3. The Morgan fingerprint density at radius 1 is 1.16 bits per heavy atom. The zero-order valence-electron chi connectivity index (χ0n) is 19.9. The molecule has 4 nitrogen and oxygen atoms in total. The molecule has 0 aromatic rings. The molecule has 0 saturated heterocycles. The molecule has 6 aliphatic carbocycles. The van der Waals surface area contributed by atoms with Crippen molar-refractivity contribution in [2.75, 3.05) is 7.11 Å². The molecule has 6 aliphatic rings. The molecule has 0 aliphatic heterocycles. The van der Waals surface area contributed by atoms with Crippen LogP contribution in [0.3, 0.4) is 0 Å². The summed E-state index contributed by atoms with van der Waals surface area (Å²) in [5.74, 6) is 0.180. The standard InChI is InChI=1S/C27H35ClO4/c1-14(2)16-13-27-10-7-19-25(3,8-6-9-26(19,4)24(31)32-5)20(27)11-15(16)21-18(29)12-17(28)23(30)22(21)27/h12-15,19-22H,6-11H2,1-5H3/t15-,19-,20-,21-,22+,25-,26+,27-/m0/s1. The largest absolute Gasteiger partial charge is 0.469 e. The van der Waals surface area contributed by atoms with E-state index >= 15 is 0 Å². The second-order valence-corrected chi connectivity index (χ2v) is 12.3. The number of hydrogen-bond acceptors (Lipinski definition) is 4. The second-order valence-electron chi connectivity index (χ2n) is 11.9. The number of rotatable bonds is 2. The van der Waals surface area contributed by atoms with Crippen molar-refractivity contribution in [3.05, 3.63) is 22.8 Å². The third-order valence-electron chi connectivity index (χ3n) is 10.4. The number of Topliss-reactive ketones (excluding diaryl/α,β-unsaturated/α-hetero) is 1. The van der Waals surface area contributed by atoms with Crippen LogP contribution < -0.4 is 0 Å². The van der Waals surface area contributed by atoms with E-state index in [0.29, 0.717) is 5.92 Å². The van der Waals surface area contributed by atoms with Crippen molar-refractivity contribution in [2.24, 2.45) is 51.8 Å². The Hall–Kier alpha value is -1.42. The molecular formula is C27H35ClO4. The van der Waals surface area contributed by atoms with Crippen molar-refractivity contribution in [2.45, 2.75) is 66.2 Å². The van der Waals surface area contributed by atoms with Crippen LogP contribution in [0.1, 0.15) is 66.2 Å². The molecule has 0 unspecified atom stereocenters.